The minimum absolute atomic E-state index is 0. The van der Waals surface area contributed by atoms with Gasteiger partial charge >= 0.3 is 0 Å². The van der Waals surface area contributed by atoms with Crippen LogP contribution in [0.5, 0.6) is 17.2 Å². The van der Waals surface area contributed by atoms with Crippen LogP contribution in [0.2, 0.25) is 0 Å². The summed E-state index contributed by atoms with van der Waals surface area (Å²) in [6, 6.07) is 4.20. The average molecular weight is 274 g/mol. The molecule has 1 aromatic carbocycles. The Morgan fingerprint density at radius 3 is 1.94 bits per heavy atom. The lowest BCUT2D eigenvalue weighted by molar-refractivity contribution is -0.488. The van der Waals surface area contributed by atoms with Gasteiger partial charge in [0.15, 0.2) is 17.5 Å². The molecule has 1 unspecified atom stereocenters. The highest BCUT2D eigenvalue weighted by Gasteiger charge is 2.15. The number of ether oxygens (including phenoxy) is 3. The first-order valence-corrected chi connectivity index (χ1v) is 5.47. The lowest BCUT2D eigenvalue weighted by Crippen LogP contribution is -3.00. The Morgan fingerprint density at radius 2 is 1.61 bits per heavy atom. The van der Waals surface area contributed by atoms with Crippen molar-refractivity contribution in [3.63, 3.8) is 0 Å². The summed E-state index contributed by atoms with van der Waals surface area (Å²) in [4.78, 5) is 2.95. The van der Waals surface area contributed by atoms with Crippen molar-refractivity contribution in [2.24, 2.45) is 0 Å². The highest BCUT2D eigenvalue weighted by Crippen LogP contribution is 2.38. The molecule has 0 spiro atoms. The van der Waals surface area contributed by atoms with E-state index in [-0.39, 0.29) is 18.4 Å². The van der Waals surface area contributed by atoms with Gasteiger partial charge < -0.3 is 26.6 Å². The van der Waals surface area contributed by atoms with Gasteiger partial charge in [0.05, 0.1) is 21.3 Å². The molecule has 18 heavy (non-hydrogen) atoms. The number of benzene rings is 1. The van der Waals surface area contributed by atoms with Crippen molar-refractivity contribution in [3.05, 3.63) is 17.7 Å². The summed E-state index contributed by atoms with van der Waals surface area (Å²) >= 11 is 0. The van der Waals surface area contributed by atoms with Crippen molar-refractivity contribution >= 4 is 6.72 Å². The summed E-state index contributed by atoms with van der Waals surface area (Å²) in [5, 5.41) is 0. The minimum Gasteiger partial charge on any atom is -1.00 e. The summed E-state index contributed by atoms with van der Waals surface area (Å²) in [6.45, 7) is 5.73. The summed E-state index contributed by atoms with van der Waals surface area (Å²) in [5.41, 5.74) is 1.11. The zero-order valence-electron chi connectivity index (χ0n) is 11.2. The van der Waals surface area contributed by atoms with E-state index in [9.17, 15) is 0 Å². The van der Waals surface area contributed by atoms with Gasteiger partial charge in [-0.2, -0.15) is 0 Å². The van der Waals surface area contributed by atoms with Crippen LogP contribution < -0.4 is 31.6 Å². The highest BCUT2D eigenvalue weighted by molar-refractivity contribution is 5.53. The maximum atomic E-state index is 5.29. The molecule has 0 bridgehead atoms. The van der Waals surface area contributed by atoms with Gasteiger partial charge in [-0.05, 0) is 24.6 Å². The first kappa shape index (κ1) is 16.6. The van der Waals surface area contributed by atoms with Crippen molar-refractivity contribution in [2.75, 3.05) is 21.3 Å². The largest absolute Gasteiger partial charge is 1.00 e. The molecule has 1 atom stereocenters. The van der Waals surface area contributed by atoms with Gasteiger partial charge in [0, 0.05) is 6.42 Å². The maximum Gasteiger partial charge on any atom is 0.203 e. The van der Waals surface area contributed by atoms with Crippen LogP contribution in [0.1, 0.15) is 12.5 Å². The lowest BCUT2D eigenvalue weighted by Gasteiger charge is -2.14. The third-order valence-corrected chi connectivity index (χ3v) is 2.61. The number of rotatable bonds is 6. The van der Waals surface area contributed by atoms with Gasteiger partial charge in [0.2, 0.25) is 5.75 Å². The maximum absolute atomic E-state index is 5.29. The van der Waals surface area contributed by atoms with Crippen LogP contribution in [0.15, 0.2) is 12.1 Å². The van der Waals surface area contributed by atoms with Crippen molar-refractivity contribution in [2.45, 2.75) is 19.4 Å². The van der Waals surface area contributed by atoms with Crippen LogP contribution in [-0.2, 0) is 6.42 Å². The SMILES string of the molecule is C=[NH+]C(C)Cc1cc(OC)c(OC)c(OC)c1.[Cl-]. The molecule has 0 aliphatic carbocycles. The van der Waals surface area contributed by atoms with Gasteiger partial charge in [-0.15, -0.1) is 0 Å². The fourth-order valence-corrected chi connectivity index (χ4v) is 1.68. The summed E-state index contributed by atoms with van der Waals surface area (Å²) in [7, 11) is 4.83. The third kappa shape index (κ3) is 3.81. The zero-order valence-corrected chi connectivity index (χ0v) is 12.0. The number of methoxy groups -OCH3 is 3. The zero-order chi connectivity index (χ0) is 12.8. The molecule has 5 heteroatoms. The molecular formula is C13H20ClNO3. The topological polar surface area (TPSA) is 41.7 Å². The van der Waals surface area contributed by atoms with Crippen LogP contribution in [-0.4, -0.2) is 34.1 Å². The van der Waals surface area contributed by atoms with Gasteiger partial charge in [-0.3, -0.25) is 4.99 Å². The fourth-order valence-electron chi connectivity index (χ4n) is 1.68. The van der Waals surface area contributed by atoms with Crippen molar-refractivity contribution in [1.82, 2.24) is 0 Å². The Balaban J connectivity index is 0.00000289. The van der Waals surface area contributed by atoms with E-state index in [2.05, 4.69) is 18.6 Å². The molecule has 0 aromatic heterocycles. The molecule has 102 valence electrons. The molecule has 0 saturated carbocycles. The Bertz CT molecular complexity index is 371. The van der Waals surface area contributed by atoms with Gasteiger partial charge in [0.1, 0.15) is 6.72 Å². The van der Waals surface area contributed by atoms with Crippen LogP contribution in [0.25, 0.3) is 0 Å². The second-order valence-electron chi connectivity index (χ2n) is 3.84. The Labute approximate surface area is 114 Å². The predicted molar refractivity (Wildman–Crippen MR) is 67.3 cm³/mol. The third-order valence-electron chi connectivity index (χ3n) is 2.61. The lowest BCUT2D eigenvalue weighted by atomic mass is 10.1. The molecule has 0 aliphatic rings. The van der Waals surface area contributed by atoms with E-state index in [0.717, 1.165) is 12.0 Å². The smallest absolute Gasteiger partial charge is 0.203 e. The average Bonchev–Trinajstić information content (AvgIpc) is 2.37. The van der Waals surface area contributed by atoms with Crippen molar-refractivity contribution in [3.8, 4) is 17.2 Å². The molecule has 0 radical (unpaired) electrons. The van der Waals surface area contributed by atoms with E-state index < -0.39 is 0 Å². The first-order chi connectivity index (χ1) is 8.15. The number of hydrogen-bond acceptors (Lipinski definition) is 3. The Hall–Kier alpha value is -1.42. The number of nitrogens with one attached hydrogen (secondary N) is 1. The molecular weight excluding hydrogens is 254 g/mol. The molecule has 1 N–H and O–H groups in total. The van der Waals surface area contributed by atoms with Crippen molar-refractivity contribution < 1.29 is 31.6 Å². The van der Waals surface area contributed by atoms with Gasteiger partial charge in [-0.25, -0.2) is 0 Å². The Morgan fingerprint density at radius 1 is 1.11 bits per heavy atom. The molecule has 0 heterocycles. The summed E-state index contributed by atoms with van der Waals surface area (Å²) < 4.78 is 15.9. The van der Waals surface area contributed by atoms with Crippen LogP contribution in [0.4, 0.5) is 0 Å². The number of hydrogen-bond donors (Lipinski definition) is 1. The van der Waals surface area contributed by atoms with E-state index in [1.807, 2.05) is 12.1 Å². The molecule has 1 rings (SSSR count). The fraction of sp³-hybridized carbons (Fsp3) is 0.462. The van der Waals surface area contributed by atoms with E-state index in [1.165, 1.54) is 0 Å². The second kappa shape index (κ2) is 7.82. The van der Waals surface area contributed by atoms with Crippen molar-refractivity contribution in [1.29, 1.82) is 0 Å². The van der Waals surface area contributed by atoms with Gasteiger partial charge in [0.25, 0.3) is 0 Å². The highest BCUT2D eigenvalue weighted by atomic mass is 35.5. The molecule has 0 fully saturated rings. The first-order valence-electron chi connectivity index (χ1n) is 5.47. The normalized spacial score (nSPS) is 11.1. The monoisotopic (exact) mass is 273 g/mol. The van der Waals surface area contributed by atoms with E-state index in [0.29, 0.717) is 17.2 Å². The Kier molecular flexibility index (Phi) is 7.20. The van der Waals surface area contributed by atoms with E-state index in [1.54, 1.807) is 21.3 Å². The van der Waals surface area contributed by atoms with Gasteiger partial charge in [-0.1, -0.05) is 0 Å². The standard InChI is InChI=1S/C13H19NO3.ClH/c1-9(14-2)6-10-7-11(15-3)13(17-5)12(8-10)16-4;/h7-9H,2,6H2,1,3-5H3;1H. The molecule has 0 saturated heterocycles. The summed E-state index contributed by atoms with van der Waals surface area (Å²) in [5.74, 6) is 1.98. The van der Waals surface area contributed by atoms with E-state index >= 15 is 0 Å². The molecule has 0 aliphatic heterocycles. The molecule has 4 nitrogen and oxygen atoms in total. The minimum atomic E-state index is 0. The quantitative estimate of drug-likeness (QED) is 0.580. The second-order valence-corrected chi connectivity index (χ2v) is 3.84. The molecule has 1 aromatic rings. The number of halogens is 1. The van der Waals surface area contributed by atoms with Crippen LogP contribution >= 0.6 is 0 Å². The van der Waals surface area contributed by atoms with E-state index in [4.69, 9.17) is 14.2 Å². The van der Waals surface area contributed by atoms with Crippen LogP contribution in [0, 0.1) is 0 Å². The summed E-state index contributed by atoms with van der Waals surface area (Å²) in [6.07, 6.45) is 0.847. The molecule has 0 amide bonds. The predicted octanol–water partition coefficient (Wildman–Crippen LogP) is -2.57. The van der Waals surface area contributed by atoms with Crippen LogP contribution in [0.3, 0.4) is 0 Å².